The van der Waals surface area contributed by atoms with Gasteiger partial charge in [0.25, 0.3) is 0 Å². The lowest BCUT2D eigenvalue weighted by Crippen LogP contribution is -2.34. The molecular formula is C18H18N8O2. The van der Waals surface area contributed by atoms with E-state index in [2.05, 4.69) is 30.2 Å². The molecule has 0 radical (unpaired) electrons. The Morgan fingerprint density at radius 1 is 1.25 bits per heavy atom. The van der Waals surface area contributed by atoms with E-state index in [-0.39, 0.29) is 11.7 Å². The molecule has 142 valence electrons. The number of nitrogens with zero attached hydrogens (tertiary/aromatic N) is 7. The van der Waals surface area contributed by atoms with Crippen LogP contribution in [-0.2, 0) is 13.1 Å². The van der Waals surface area contributed by atoms with E-state index in [4.69, 9.17) is 4.52 Å². The zero-order valence-electron chi connectivity index (χ0n) is 15.4. The van der Waals surface area contributed by atoms with Gasteiger partial charge < -0.3 is 14.1 Å². The average molecular weight is 378 g/mol. The minimum Gasteiger partial charge on any atom is -0.337 e. The van der Waals surface area contributed by atoms with E-state index in [0.29, 0.717) is 24.8 Å². The van der Waals surface area contributed by atoms with E-state index in [1.165, 1.54) is 0 Å². The second-order valence-corrected chi connectivity index (χ2v) is 6.90. The van der Waals surface area contributed by atoms with Crippen molar-refractivity contribution in [2.24, 2.45) is 0 Å². The van der Waals surface area contributed by atoms with Crippen LogP contribution >= 0.6 is 0 Å². The SMILES string of the molecule is Cc1c[nH]c(=O)n1-c1ccc(-c2noc(C3Cn4cnnc4CN3C)n2)cc1. The van der Waals surface area contributed by atoms with Gasteiger partial charge in [-0.05, 0) is 38.2 Å². The molecule has 3 aromatic heterocycles. The smallest absolute Gasteiger partial charge is 0.330 e. The molecule has 10 heteroatoms. The Hall–Kier alpha value is -3.53. The Bertz CT molecular complexity index is 1180. The first-order chi connectivity index (χ1) is 13.6. The highest BCUT2D eigenvalue weighted by molar-refractivity contribution is 5.56. The van der Waals surface area contributed by atoms with Gasteiger partial charge in [-0.1, -0.05) is 5.16 Å². The molecule has 4 aromatic rings. The molecule has 0 bridgehead atoms. The summed E-state index contributed by atoms with van der Waals surface area (Å²) in [5, 5.41) is 12.2. The Balaban J connectivity index is 1.41. The summed E-state index contributed by atoms with van der Waals surface area (Å²) in [5.74, 6) is 1.99. The number of imidazole rings is 1. The Morgan fingerprint density at radius 2 is 2.07 bits per heavy atom. The van der Waals surface area contributed by atoms with Crippen LogP contribution in [0, 0.1) is 6.92 Å². The number of benzene rings is 1. The van der Waals surface area contributed by atoms with E-state index in [1.807, 2.05) is 42.8 Å². The minimum atomic E-state index is -0.166. The summed E-state index contributed by atoms with van der Waals surface area (Å²) in [7, 11) is 2.00. The van der Waals surface area contributed by atoms with Crippen LogP contribution in [0.1, 0.15) is 23.5 Å². The molecule has 0 amide bonds. The van der Waals surface area contributed by atoms with Crippen LogP contribution in [0.4, 0.5) is 0 Å². The lowest BCUT2D eigenvalue weighted by molar-refractivity contribution is 0.139. The van der Waals surface area contributed by atoms with Gasteiger partial charge in [-0.25, -0.2) is 4.79 Å². The van der Waals surface area contributed by atoms with Gasteiger partial charge in [0, 0.05) is 24.0 Å². The number of rotatable bonds is 3. The number of hydrogen-bond acceptors (Lipinski definition) is 7. The van der Waals surface area contributed by atoms with Gasteiger partial charge in [0.1, 0.15) is 18.2 Å². The highest BCUT2D eigenvalue weighted by atomic mass is 16.5. The van der Waals surface area contributed by atoms with Crippen molar-refractivity contribution in [1.29, 1.82) is 0 Å². The van der Waals surface area contributed by atoms with Gasteiger partial charge in [-0.15, -0.1) is 10.2 Å². The van der Waals surface area contributed by atoms with Gasteiger partial charge in [-0.2, -0.15) is 4.98 Å². The average Bonchev–Trinajstić information content (AvgIpc) is 3.41. The number of likely N-dealkylation sites (N-methyl/N-ethyl adjacent to an activating group) is 1. The van der Waals surface area contributed by atoms with Crippen molar-refractivity contribution in [3.8, 4) is 17.1 Å². The Labute approximate surface area is 159 Å². The third-order valence-electron chi connectivity index (χ3n) is 5.06. The van der Waals surface area contributed by atoms with Gasteiger partial charge in [0.15, 0.2) is 0 Å². The number of hydrogen-bond donors (Lipinski definition) is 1. The van der Waals surface area contributed by atoms with Crippen molar-refractivity contribution in [2.75, 3.05) is 7.05 Å². The van der Waals surface area contributed by atoms with Crippen LogP contribution in [0.25, 0.3) is 17.1 Å². The summed E-state index contributed by atoms with van der Waals surface area (Å²) >= 11 is 0. The van der Waals surface area contributed by atoms with E-state index < -0.39 is 0 Å². The zero-order chi connectivity index (χ0) is 19.3. The largest absolute Gasteiger partial charge is 0.337 e. The van der Waals surface area contributed by atoms with Crippen LogP contribution < -0.4 is 5.69 Å². The van der Waals surface area contributed by atoms with Crippen molar-refractivity contribution in [1.82, 2.24) is 39.4 Å². The topological polar surface area (TPSA) is 111 Å². The molecular weight excluding hydrogens is 360 g/mol. The first kappa shape index (κ1) is 16.6. The van der Waals surface area contributed by atoms with E-state index in [9.17, 15) is 4.79 Å². The molecule has 1 unspecified atom stereocenters. The third-order valence-corrected chi connectivity index (χ3v) is 5.06. The van der Waals surface area contributed by atoms with Crippen molar-refractivity contribution in [3.63, 3.8) is 0 Å². The second-order valence-electron chi connectivity index (χ2n) is 6.90. The maximum atomic E-state index is 11.9. The standard InChI is InChI=1S/C18H18N8O2/c1-11-7-19-18(27)26(11)13-5-3-12(4-6-13)16-21-17(28-23-16)14-8-25-10-20-22-15(25)9-24(14)2/h3-7,10,14H,8-9H2,1-2H3,(H,19,27). The molecule has 5 rings (SSSR count). The van der Waals surface area contributed by atoms with Crippen LogP contribution in [0.5, 0.6) is 0 Å². The summed E-state index contributed by atoms with van der Waals surface area (Å²) in [6.07, 6.45) is 3.40. The predicted molar refractivity (Wildman–Crippen MR) is 98.6 cm³/mol. The molecule has 1 aliphatic rings. The monoisotopic (exact) mass is 378 g/mol. The number of aryl methyl sites for hydroxylation is 1. The number of H-pyrrole nitrogens is 1. The molecule has 10 nitrogen and oxygen atoms in total. The molecule has 28 heavy (non-hydrogen) atoms. The molecule has 0 fully saturated rings. The van der Waals surface area contributed by atoms with Crippen LogP contribution in [0.2, 0.25) is 0 Å². The fraction of sp³-hybridized carbons (Fsp3) is 0.278. The van der Waals surface area contributed by atoms with Gasteiger partial charge in [0.2, 0.25) is 11.7 Å². The molecule has 0 aliphatic carbocycles. The quantitative estimate of drug-likeness (QED) is 0.572. The van der Waals surface area contributed by atoms with Crippen molar-refractivity contribution < 1.29 is 4.52 Å². The van der Waals surface area contributed by atoms with Crippen LogP contribution in [0.3, 0.4) is 0 Å². The summed E-state index contributed by atoms with van der Waals surface area (Å²) in [6.45, 7) is 3.20. The first-order valence-electron chi connectivity index (χ1n) is 8.88. The minimum absolute atomic E-state index is 0.0369. The third kappa shape index (κ3) is 2.65. The number of nitrogens with one attached hydrogen (secondary N) is 1. The fourth-order valence-electron chi connectivity index (χ4n) is 3.50. The molecule has 0 saturated carbocycles. The molecule has 1 aliphatic heterocycles. The summed E-state index contributed by atoms with van der Waals surface area (Å²) in [6, 6.07) is 7.45. The molecule has 1 atom stereocenters. The Kier molecular flexibility index (Phi) is 3.72. The van der Waals surface area contributed by atoms with Gasteiger partial charge >= 0.3 is 5.69 Å². The first-order valence-corrected chi connectivity index (χ1v) is 8.88. The molecule has 0 saturated heterocycles. The van der Waals surface area contributed by atoms with E-state index in [0.717, 1.165) is 22.8 Å². The molecule has 1 N–H and O–H groups in total. The maximum absolute atomic E-state index is 11.9. The van der Waals surface area contributed by atoms with E-state index >= 15 is 0 Å². The molecule has 0 spiro atoms. The fourth-order valence-corrected chi connectivity index (χ4v) is 3.50. The Morgan fingerprint density at radius 3 is 2.82 bits per heavy atom. The molecule has 4 heterocycles. The van der Waals surface area contributed by atoms with Crippen molar-refractivity contribution in [2.45, 2.75) is 26.1 Å². The number of aromatic amines is 1. The summed E-state index contributed by atoms with van der Waals surface area (Å²) in [5.41, 5.74) is 2.28. The lowest BCUT2D eigenvalue weighted by Gasteiger charge is -2.29. The normalized spacial score (nSPS) is 17.0. The van der Waals surface area contributed by atoms with Crippen LogP contribution in [-0.4, -0.2) is 46.4 Å². The lowest BCUT2D eigenvalue weighted by atomic mass is 10.2. The van der Waals surface area contributed by atoms with Crippen molar-refractivity contribution in [3.05, 3.63) is 64.7 Å². The highest BCUT2D eigenvalue weighted by Crippen LogP contribution is 2.28. The van der Waals surface area contributed by atoms with Crippen LogP contribution in [0.15, 0.2) is 46.1 Å². The van der Waals surface area contributed by atoms with Gasteiger partial charge in [0.05, 0.1) is 12.2 Å². The van der Waals surface area contributed by atoms with Crippen molar-refractivity contribution >= 4 is 0 Å². The molecule has 1 aromatic carbocycles. The zero-order valence-corrected chi connectivity index (χ0v) is 15.4. The highest BCUT2D eigenvalue weighted by Gasteiger charge is 2.30. The number of aromatic nitrogens is 7. The summed E-state index contributed by atoms with van der Waals surface area (Å²) in [4.78, 5) is 21.3. The summed E-state index contributed by atoms with van der Waals surface area (Å²) < 4.78 is 9.15. The second kappa shape index (κ2) is 6.27. The predicted octanol–water partition coefficient (Wildman–Crippen LogP) is 1.30. The van der Waals surface area contributed by atoms with E-state index in [1.54, 1.807) is 17.1 Å². The number of fused-ring (bicyclic) bond motifs is 1. The van der Waals surface area contributed by atoms with Gasteiger partial charge in [-0.3, -0.25) is 9.47 Å². The maximum Gasteiger partial charge on any atom is 0.330 e.